The van der Waals surface area contributed by atoms with E-state index < -0.39 is 0 Å². The molecular formula is C17H33N. The van der Waals surface area contributed by atoms with E-state index in [4.69, 9.17) is 0 Å². The number of hydrogen-bond donors (Lipinski definition) is 1. The summed E-state index contributed by atoms with van der Waals surface area (Å²) in [6, 6.07) is 0.812. The lowest BCUT2D eigenvalue weighted by atomic mass is 9.69. The van der Waals surface area contributed by atoms with Gasteiger partial charge in [0.15, 0.2) is 0 Å². The average molecular weight is 251 g/mol. The minimum atomic E-state index is 0.812. The SMILES string of the molecule is CCC1CCCC(C(NC)C2CCC(C)CC2)C1. The summed E-state index contributed by atoms with van der Waals surface area (Å²) in [5.41, 5.74) is 0. The van der Waals surface area contributed by atoms with E-state index in [1.807, 2.05) is 0 Å². The van der Waals surface area contributed by atoms with Crippen molar-refractivity contribution < 1.29 is 0 Å². The molecule has 2 aliphatic rings. The molecule has 18 heavy (non-hydrogen) atoms. The summed E-state index contributed by atoms with van der Waals surface area (Å²) in [6.07, 6.45) is 13.2. The van der Waals surface area contributed by atoms with E-state index in [-0.39, 0.29) is 0 Å². The highest BCUT2D eigenvalue weighted by Gasteiger charge is 2.33. The van der Waals surface area contributed by atoms with Crippen molar-refractivity contribution in [3.05, 3.63) is 0 Å². The zero-order valence-corrected chi connectivity index (χ0v) is 12.8. The average Bonchev–Trinajstić information content (AvgIpc) is 2.42. The van der Waals surface area contributed by atoms with Crippen LogP contribution in [0.15, 0.2) is 0 Å². The topological polar surface area (TPSA) is 12.0 Å². The predicted molar refractivity (Wildman–Crippen MR) is 79.7 cm³/mol. The summed E-state index contributed by atoms with van der Waals surface area (Å²) in [6.45, 7) is 4.81. The van der Waals surface area contributed by atoms with Crippen molar-refractivity contribution >= 4 is 0 Å². The third kappa shape index (κ3) is 3.50. The third-order valence-corrected chi connectivity index (χ3v) is 5.81. The van der Waals surface area contributed by atoms with E-state index in [1.165, 1.54) is 57.8 Å². The zero-order valence-electron chi connectivity index (χ0n) is 12.8. The number of hydrogen-bond acceptors (Lipinski definition) is 1. The Morgan fingerprint density at radius 2 is 1.72 bits per heavy atom. The van der Waals surface area contributed by atoms with E-state index in [0.29, 0.717) is 0 Å². The molecule has 0 aromatic rings. The quantitative estimate of drug-likeness (QED) is 0.769. The Labute approximate surface area is 114 Å². The summed E-state index contributed by atoms with van der Waals surface area (Å²) in [4.78, 5) is 0. The summed E-state index contributed by atoms with van der Waals surface area (Å²) in [5, 5.41) is 3.70. The van der Waals surface area contributed by atoms with Gasteiger partial charge in [-0.15, -0.1) is 0 Å². The normalized spacial score (nSPS) is 39.5. The molecule has 2 aliphatic carbocycles. The van der Waals surface area contributed by atoms with Crippen LogP contribution in [-0.2, 0) is 0 Å². The Kier molecular flexibility index (Phi) is 5.54. The second-order valence-electron chi connectivity index (χ2n) is 7.04. The van der Waals surface area contributed by atoms with E-state index in [2.05, 4.69) is 26.2 Å². The molecule has 3 unspecified atom stereocenters. The summed E-state index contributed by atoms with van der Waals surface area (Å²) < 4.78 is 0. The maximum atomic E-state index is 3.70. The molecule has 0 amide bonds. The second kappa shape index (κ2) is 6.93. The van der Waals surface area contributed by atoms with Crippen molar-refractivity contribution in [2.24, 2.45) is 23.7 Å². The first-order valence-corrected chi connectivity index (χ1v) is 8.41. The minimum Gasteiger partial charge on any atom is -0.316 e. The maximum absolute atomic E-state index is 3.70. The molecule has 0 heterocycles. The molecule has 3 atom stereocenters. The highest BCUT2D eigenvalue weighted by Crippen LogP contribution is 2.39. The minimum absolute atomic E-state index is 0.812. The number of nitrogens with one attached hydrogen (secondary N) is 1. The smallest absolute Gasteiger partial charge is 0.0121 e. The monoisotopic (exact) mass is 251 g/mol. The van der Waals surface area contributed by atoms with Crippen LogP contribution in [0.5, 0.6) is 0 Å². The molecular weight excluding hydrogens is 218 g/mol. The molecule has 2 rings (SSSR count). The van der Waals surface area contributed by atoms with Crippen LogP contribution < -0.4 is 5.32 Å². The number of rotatable bonds is 4. The van der Waals surface area contributed by atoms with E-state index in [1.54, 1.807) is 0 Å². The van der Waals surface area contributed by atoms with Gasteiger partial charge in [-0.25, -0.2) is 0 Å². The van der Waals surface area contributed by atoms with Crippen molar-refractivity contribution in [1.29, 1.82) is 0 Å². The van der Waals surface area contributed by atoms with Gasteiger partial charge in [0, 0.05) is 6.04 Å². The van der Waals surface area contributed by atoms with Crippen molar-refractivity contribution in [1.82, 2.24) is 5.32 Å². The van der Waals surface area contributed by atoms with Gasteiger partial charge in [0.1, 0.15) is 0 Å². The van der Waals surface area contributed by atoms with Crippen LogP contribution in [0.25, 0.3) is 0 Å². The fourth-order valence-electron chi connectivity index (χ4n) is 4.53. The van der Waals surface area contributed by atoms with Crippen LogP contribution in [-0.4, -0.2) is 13.1 Å². The van der Waals surface area contributed by atoms with Gasteiger partial charge < -0.3 is 5.32 Å². The van der Waals surface area contributed by atoms with Gasteiger partial charge in [0.05, 0.1) is 0 Å². The van der Waals surface area contributed by atoms with Crippen LogP contribution >= 0.6 is 0 Å². The molecule has 106 valence electrons. The zero-order chi connectivity index (χ0) is 13.0. The summed E-state index contributed by atoms with van der Waals surface area (Å²) >= 11 is 0. The van der Waals surface area contributed by atoms with Gasteiger partial charge in [-0.1, -0.05) is 46.0 Å². The lowest BCUT2D eigenvalue weighted by Gasteiger charge is -2.40. The molecule has 0 aromatic heterocycles. The van der Waals surface area contributed by atoms with E-state index in [9.17, 15) is 0 Å². The molecule has 0 saturated heterocycles. The predicted octanol–water partition coefficient (Wildman–Crippen LogP) is 4.62. The summed E-state index contributed by atoms with van der Waals surface area (Å²) in [7, 11) is 2.21. The Hall–Kier alpha value is -0.0400. The Bertz CT molecular complexity index is 230. The van der Waals surface area contributed by atoms with Crippen molar-refractivity contribution in [3.63, 3.8) is 0 Å². The lowest BCUT2D eigenvalue weighted by molar-refractivity contribution is 0.139. The summed E-state index contributed by atoms with van der Waals surface area (Å²) in [5.74, 6) is 3.93. The standard InChI is InChI=1S/C17H33N/c1-4-14-6-5-7-16(12-14)17(18-3)15-10-8-13(2)9-11-15/h13-18H,4-12H2,1-3H3. The molecule has 2 saturated carbocycles. The largest absolute Gasteiger partial charge is 0.316 e. The van der Waals surface area contributed by atoms with Gasteiger partial charge in [-0.05, 0) is 56.4 Å². The van der Waals surface area contributed by atoms with Gasteiger partial charge in [0.25, 0.3) is 0 Å². The van der Waals surface area contributed by atoms with E-state index >= 15 is 0 Å². The van der Waals surface area contributed by atoms with Crippen LogP contribution in [0.4, 0.5) is 0 Å². The van der Waals surface area contributed by atoms with Crippen molar-refractivity contribution in [3.8, 4) is 0 Å². The van der Waals surface area contributed by atoms with E-state index in [0.717, 1.165) is 29.7 Å². The Morgan fingerprint density at radius 1 is 1.00 bits per heavy atom. The van der Waals surface area contributed by atoms with Crippen LogP contribution in [0, 0.1) is 23.7 Å². The molecule has 1 heteroatoms. The first-order chi connectivity index (χ1) is 8.74. The maximum Gasteiger partial charge on any atom is 0.0121 e. The highest BCUT2D eigenvalue weighted by molar-refractivity contribution is 4.88. The second-order valence-corrected chi connectivity index (χ2v) is 7.04. The Morgan fingerprint density at radius 3 is 2.33 bits per heavy atom. The Balaban J connectivity index is 1.91. The van der Waals surface area contributed by atoms with Crippen LogP contribution in [0.3, 0.4) is 0 Å². The third-order valence-electron chi connectivity index (χ3n) is 5.81. The fraction of sp³-hybridized carbons (Fsp3) is 1.00. The van der Waals surface area contributed by atoms with Crippen molar-refractivity contribution in [2.45, 2.75) is 77.7 Å². The lowest BCUT2D eigenvalue weighted by Crippen LogP contribution is -2.43. The van der Waals surface area contributed by atoms with Gasteiger partial charge in [-0.3, -0.25) is 0 Å². The molecule has 0 aliphatic heterocycles. The fourth-order valence-corrected chi connectivity index (χ4v) is 4.53. The molecule has 0 bridgehead atoms. The van der Waals surface area contributed by atoms with Gasteiger partial charge in [-0.2, -0.15) is 0 Å². The molecule has 1 nitrogen and oxygen atoms in total. The molecule has 0 radical (unpaired) electrons. The molecule has 0 aromatic carbocycles. The first kappa shape index (κ1) is 14.4. The molecule has 0 spiro atoms. The van der Waals surface area contributed by atoms with Gasteiger partial charge >= 0.3 is 0 Å². The van der Waals surface area contributed by atoms with Crippen LogP contribution in [0.1, 0.15) is 71.6 Å². The van der Waals surface area contributed by atoms with Crippen LogP contribution in [0.2, 0.25) is 0 Å². The first-order valence-electron chi connectivity index (χ1n) is 8.41. The molecule has 2 fully saturated rings. The highest BCUT2D eigenvalue weighted by atomic mass is 14.9. The van der Waals surface area contributed by atoms with Gasteiger partial charge in [0.2, 0.25) is 0 Å². The molecule has 1 N–H and O–H groups in total. The van der Waals surface area contributed by atoms with Crippen molar-refractivity contribution in [2.75, 3.05) is 7.05 Å².